The third-order valence-corrected chi connectivity index (χ3v) is 3.69. The molecule has 1 fully saturated rings. The van der Waals surface area contributed by atoms with Crippen LogP contribution in [0, 0.1) is 11.3 Å². The van der Waals surface area contributed by atoms with Crippen molar-refractivity contribution >= 4 is 11.8 Å². The molecule has 1 N–H and O–H groups in total. The van der Waals surface area contributed by atoms with Crippen LogP contribution in [0.15, 0.2) is 18.2 Å². The molecular formula is C14H20N2O2. The standard InChI is InChI=1S/C14H20N2O2/c1-14(2,3)10-7-8-16(9-10)12-6-4-5-11(15-12)13(17)18/h4-6,10H,7-9H2,1-3H3,(H,17,18). The molecule has 0 aliphatic carbocycles. The van der Waals surface area contributed by atoms with Gasteiger partial charge >= 0.3 is 5.97 Å². The zero-order valence-corrected chi connectivity index (χ0v) is 11.2. The van der Waals surface area contributed by atoms with E-state index in [9.17, 15) is 4.79 Å². The van der Waals surface area contributed by atoms with Crippen LogP contribution < -0.4 is 4.90 Å². The van der Waals surface area contributed by atoms with Crippen molar-refractivity contribution in [1.82, 2.24) is 4.98 Å². The average molecular weight is 248 g/mol. The molecule has 4 heteroatoms. The van der Waals surface area contributed by atoms with Gasteiger partial charge in [-0.05, 0) is 29.9 Å². The van der Waals surface area contributed by atoms with Gasteiger partial charge in [-0.15, -0.1) is 0 Å². The van der Waals surface area contributed by atoms with Gasteiger partial charge in [0.15, 0.2) is 5.69 Å². The van der Waals surface area contributed by atoms with Crippen molar-refractivity contribution in [3.05, 3.63) is 23.9 Å². The first-order valence-electron chi connectivity index (χ1n) is 6.33. The van der Waals surface area contributed by atoms with Gasteiger partial charge in [-0.1, -0.05) is 26.8 Å². The predicted octanol–water partition coefficient (Wildman–Crippen LogP) is 2.65. The van der Waals surface area contributed by atoms with E-state index in [2.05, 4.69) is 30.7 Å². The summed E-state index contributed by atoms with van der Waals surface area (Å²) in [6, 6.07) is 5.18. The molecule has 0 aromatic carbocycles. The second kappa shape index (κ2) is 4.59. The fourth-order valence-electron chi connectivity index (χ4n) is 2.39. The Balaban J connectivity index is 2.14. The largest absolute Gasteiger partial charge is 0.477 e. The SMILES string of the molecule is CC(C)(C)C1CCN(c2cccc(C(=O)O)n2)C1. The van der Waals surface area contributed by atoms with E-state index in [1.165, 1.54) is 6.07 Å². The van der Waals surface area contributed by atoms with Crippen molar-refractivity contribution in [3.63, 3.8) is 0 Å². The van der Waals surface area contributed by atoms with Crippen molar-refractivity contribution in [1.29, 1.82) is 0 Å². The summed E-state index contributed by atoms with van der Waals surface area (Å²) in [6.45, 7) is 8.67. The highest BCUT2D eigenvalue weighted by Gasteiger charge is 2.32. The Morgan fingerprint density at radius 1 is 1.44 bits per heavy atom. The second-order valence-electron chi connectivity index (χ2n) is 5.98. The number of carboxylic acid groups (broad SMARTS) is 1. The van der Waals surface area contributed by atoms with Gasteiger partial charge < -0.3 is 10.0 Å². The Bertz CT molecular complexity index is 451. The van der Waals surface area contributed by atoms with Crippen LogP contribution in [0.4, 0.5) is 5.82 Å². The molecule has 0 saturated carbocycles. The highest BCUT2D eigenvalue weighted by Crippen LogP contribution is 2.35. The number of carbonyl (C=O) groups is 1. The molecule has 1 unspecified atom stereocenters. The van der Waals surface area contributed by atoms with Crippen molar-refractivity contribution in [3.8, 4) is 0 Å². The number of aromatic carboxylic acids is 1. The van der Waals surface area contributed by atoms with Crippen LogP contribution in [0.25, 0.3) is 0 Å². The Kier molecular flexibility index (Phi) is 3.28. The molecular weight excluding hydrogens is 228 g/mol. The number of aromatic nitrogens is 1. The number of hydrogen-bond donors (Lipinski definition) is 1. The van der Waals surface area contributed by atoms with E-state index in [4.69, 9.17) is 5.11 Å². The van der Waals surface area contributed by atoms with Crippen LogP contribution in [-0.2, 0) is 0 Å². The molecule has 0 spiro atoms. The van der Waals surface area contributed by atoms with Crippen LogP contribution in [0.2, 0.25) is 0 Å². The van der Waals surface area contributed by atoms with Gasteiger partial charge in [-0.3, -0.25) is 0 Å². The number of hydrogen-bond acceptors (Lipinski definition) is 3. The van der Waals surface area contributed by atoms with Crippen molar-refractivity contribution < 1.29 is 9.90 Å². The smallest absolute Gasteiger partial charge is 0.354 e. The number of nitrogens with zero attached hydrogens (tertiary/aromatic N) is 2. The minimum Gasteiger partial charge on any atom is -0.477 e. The van der Waals surface area contributed by atoms with Gasteiger partial charge in [0.1, 0.15) is 5.82 Å². The fourth-order valence-corrected chi connectivity index (χ4v) is 2.39. The summed E-state index contributed by atoms with van der Waals surface area (Å²) in [5.74, 6) is 0.442. The zero-order valence-electron chi connectivity index (χ0n) is 11.2. The monoisotopic (exact) mass is 248 g/mol. The maximum atomic E-state index is 10.9. The normalized spacial score (nSPS) is 20.2. The summed E-state index contributed by atoms with van der Waals surface area (Å²) in [5.41, 5.74) is 0.408. The molecule has 0 amide bonds. The van der Waals surface area contributed by atoms with E-state index in [1.54, 1.807) is 6.07 Å². The quantitative estimate of drug-likeness (QED) is 0.874. The molecule has 2 heterocycles. The summed E-state index contributed by atoms with van der Waals surface area (Å²) in [5, 5.41) is 8.95. The van der Waals surface area contributed by atoms with E-state index in [0.717, 1.165) is 25.3 Å². The second-order valence-corrected chi connectivity index (χ2v) is 5.98. The first-order chi connectivity index (χ1) is 8.38. The third kappa shape index (κ3) is 2.63. The average Bonchev–Trinajstić information content (AvgIpc) is 2.78. The minimum absolute atomic E-state index is 0.117. The number of pyridine rings is 1. The number of anilines is 1. The maximum Gasteiger partial charge on any atom is 0.354 e. The lowest BCUT2D eigenvalue weighted by Crippen LogP contribution is -2.26. The first kappa shape index (κ1) is 12.9. The van der Waals surface area contributed by atoms with Crippen molar-refractivity contribution in [2.24, 2.45) is 11.3 Å². The van der Waals surface area contributed by atoms with E-state index >= 15 is 0 Å². The van der Waals surface area contributed by atoms with E-state index < -0.39 is 5.97 Å². The van der Waals surface area contributed by atoms with E-state index in [-0.39, 0.29) is 5.69 Å². The summed E-state index contributed by atoms with van der Waals surface area (Å²) >= 11 is 0. The zero-order chi connectivity index (χ0) is 13.3. The summed E-state index contributed by atoms with van der Waals surface area (Å²) in [6.07, 6.45) is 1.14. The molecule has 1 aromatic heterocycles. The van der Waals surface area contributed by atoms with Crippen LogP contribution in [0.3, 0.4) is 0 Å². The lowest BCUT2D eigenvalue weighted by molar-refractivity contribution is 0.0690. The Morgan fingerprint density at radius 3 is 2.72 bits per heavy atom. The highest BCUT2D eigenvalue weighted by atomic mass is 16.4. The molecule has 0 radical (unpaired) electrons. The van der Waals surface area contributed by atoms with E-state index in [0.29, 0.717) is 11.3 Å². The van der Waals surface area contributed by atoms with Gasteiger partial charge in [0.05, 0.1) is 0 Å². The minimum atomic E-state index is -0.969. The van der Waals surface area contributed by atoms with Crippen molar-refractivity contribution in [2.75, 3.05) is 18.0 Å². The topological polar surface area (TPSA) is 53.4 Å². The van der Waals surface area contributed by atoms with E-state index in [1.807, 2.05) is 6.07 Å². The summed E-state index contributed by atoms with van der Waals surface area (Å²) in [7, 11) is 0. The lowest BCUT2D eigenvalue weighted by Gasteiger charge is -2.27. The summed E-state index contributed by atoms with van der Waals surface area (Å²) in [4.78, 5) is 17.3. The third-order valence-electron chi connectivity index (χ3n) is 3.69. The highest BCUT2D eigenvalue weighted by molar-refractivity contribution is 5.85. The Morgan fingerprint density at radius 2 is 2.17 bits per heavy atom. The molecule has 0 bridgehead atoms. The van der Waals surface area contributed by atoms with Gasteiger partial charge in [-0.2, -0.15) is 0 Å². The maximum absolute atomic E-state index is 10.9. The van der Waals surface area contributed by atoms with Gasteiger partial charge in [0.2, 0.25) is 0 Å². The van der Waals surface area contributed by atoms with Gasteiger partial charge in [-0.25, -0.2) is 9.78 Å². The predicted molar refractivity (Wildman–Crippen MR) is 71.0 cm³/mol. The molecule has 1 saturated heterocycles. The molecule has 4 nitrogen and oxygen atoms in total. The Hall–Kier alpha value is -1.58. The molecule has 2 rings (SSSR count). The first-order valence-corrected chi connectivity index (χ1v) is 6.33. The van der Waals surface area contributed by atoms with Crippen LogP contribution in [-0.4, -0.2) is 29.1 Å². The van der Waals surface area contributed by atoms with Crippen LogP contribution in [0.1, 0.15) is 37.7 Å². The van der Waals surface area contributed by atoms with Crippen LogP contribution >= 0.6 is 0 Å². The van der Waals surface area contributed by atoms with Crippen molar-refractivity contribution in [2.45, 2.75) is 27.2 Å². The number of rotatable bonds is 2. The van der Waals surface area contributed by atoms with Gasteiger partial charge in [0, 0.05) is 13.1 Å². The molecule has 1 aliphatic rings. The molecule has 18 heavy (non-hydrogen) atoms. The summed E-state index contributed by atoms with van der Waals surface area (Å²) < 4.78 is 0. The number of carboxylic acids is 1. The van der Waals surface area contributed by atoms with Gasteiger partial charge in [0.25, 0.3) is 0 Å². The molecule has 1 aromatic rings. The molecule has 1 atom stereocenters. The fraction of sp³-hybridized carbons (Fsp3) is 0.571. The Labute approximate surface area is 108 Å². The molecule has 98 valence electrons. The van der Waals surface area contributed by atoms with Crippen LogP contribution in [0.5, 0.6) is 0 Å². The lowest BCUT2D eigenvalue weighted by atomic mass is 9.80. The molecule has 1 aliphatic heterocycles.